The van der Waals surface area contributed by atoms with E-state index in [1.165, 1.54) is 379 Å². The van der Waals surface area contributed by atoms with Crippen LogP contribution >= 0.6 is 0 Å². The summed E-state index contributed by atoms with van der Waals surface area (Å²) < 4.78 is 5.48. The van der Waals surface area contributed by atoms with Crippen LogP contribution in [0.25, 0.3) is 0 Å². The molecule has 0 aromatic rings. The predicted octanol–water partition coefficient (Wildman–Crippen LogP) is 27.4. The second-order valence-corrected chi connectivity index (χ2v) is 28.5. The molecule has 0 heterocycles. The first kappa shape index (κ1) is 88.1. The zero-order valence-electron chi connectivity index (χ0n) is 61.1. The molecule has 0 spiro atoms. The minimum atomic E-state index is -0.664. The van der Waals surface area contributed by atoms with Crippen molar-refractivity contribution < 1.29 is 24.5 Å². The number of carbonyl (C=O) groups is 2. The molecule has 0 aliphatic heterocycles. The fraction of sp³-hybridized carbons (Fsp3) is 0.905. The number of allylic oxidation sites excluding steroid dienone is 6. The summed E-state index contributed by atoms with van der Waals surface area (Å²) in [6.45, 7) is 4.93. The molecule has 0 radical (unpaired) electrons. The lowest BCUT2D eigenvalue weighted by atomic mass is 10.0. The van der Waals surface area contributed by atoms with Gasteiger partial charge >= 0.3 is 5.97 Å². The molecule has 0 aromatic carbocycles. The fourth-order valence-corrected chi connectivity index (χ4v) is 13.2. The summed E-state index contributed by atoms with van der Waals surface area (Å²) in [4.78, 5) is 24.6. The van der Waals surface area contributed by atoms with Gasteiger partial charge in [-0.15, -0.1) is 0 Å². The Morgan fingerprint density at radius 1 is 0.311 bits per heavy atom. The third-order valence-electron chi connectivity index (χ3n) is 19.4. The van der Waals surface area contributed by atoms with Gasteiger partial charge in [0.2, 0.25) is 5.91 Å². The van der Waals surface area contributed by atoms with Crippen LogP contribution in [-0.4, -0.2) is 47.4 Å². The van der Waals surface area contributed by atoms with Gasteiger partial charge < -0.3 is 20.3 Å². The molecule has 0 aliphatic carbocycles. The summed E-state index contributed by atoms with van der Waals surface area (Å²) in [5, 5.41) is 23.5. The van der Waals surface area contributed by atoms with E-state index >= 15 is 0 Å². The monoisotopic (exact) mass is 1260 g/mol. The zero-order chi connectivity index (χ0) is 64.9. The van der Waals surface area contributed by atoms with Crippen LogP contribution in [0.2, 0.25) is 0 Å². The summed E-state index contributed by atoms with van der Waals surface area (Å²) in [6, 6.07) is -0.540. The maximum atomic E-state index is 12.6. The number of hydrogen-bond donors (Lipinski definition) is 3. The van der Waals surface area contributed by atoms with Gasteiger partial charge in [-0.25, -0.2) is 0 Å². The normalized spacial score (nSPS) is 12.6. The second kappa shape index (κ2) is 79.5. The van der Waals surface area contributed by atoms with Crippen LogP contribution < -0.4 is 5.32 Å². The molecule has 0 fully saturated rings. The molecule has 6 heteroatoms. The molecule has 0 bridgehead atoms. The van der Waals surface area contributed by atoms with Crippen molar-refractivity contribution in [3.63, 3.8) is 0 Å². The number of esters is 1. The van der Waals surface area contributed by atoms with Gasteiger partial charge in [-0.1, -0.05) is 410 Å². The van der Waals surface area contributed by atoms with Crippen LogP contribution in [0.5, 0.6) is 0 Å². The lowest BCUT2D eigenvalue weighted by Gasteiger charge is -2.22. The largest absolute Gasteiger partial charge is 0.466 e. The smallest absolute Gasteiger partial charge is 0.305 e. The molecule has 3 N–H and O–H groups in total. The van der Waals surface area contributed by atoms with Crippen molar-refractivity contribution in [2.75, 3.05) is 13.2 Å². The van der Waals surface area contributed by atoms with Gasteiger partial charge in [0, 0.05) is 12.8 Å². The molecule has 90 heavy (non-hydrogen) atoms. The molecule has 532 valence electrons. The molecular weight excluding hydrogens is 1100 g/mol. The number of nitrogens with one attached hydrogen (secondary N) is 1. The van der Waals surface area contributed by atoms with E-state index < -0.39 is 12.1 Å². The van der Waals surface area contributed by atoms with E-state index in [1.807, 2.05) is 0 Å². The number of ether oxygens (including phenoxy) is 1. The van der Waals surface area contributed by atoms with Gasteiger partial charge in [0.25, 0.3) is 0 Å². The van der Waals surface area contributed by atoms with Crippen LogP contribution in [0.4, 0.5) is 0 Å². The van der Waals surface area contributed by atoms with Crippen LogP contribution in [0, 0.1) is 0 Å². The summed E-state index contributed by atoms with van der Waals surface area (Å²) in [5.41, 5.74) is 0. The highest BCUT2D eigenvalue weighted by molar-refractivity contribution is 5.76. The van der Waals surface area contributed by atoms with E-state index in [2.05, 4.69) is 55.6 Å². The van der Waals surface area contributed by atoms with E-state index in [0.717, 1.165) is 51.4 Å². The summed E-state index contributed by atoms with van der Waals surface area (Å²) >= 11 is 0. The number of rotatable bonds is 78. The number of aliphatic hydroxyl groups excluding tert-OH is 2. The van der Waals surface area contributed by atoms with Gasteiger partial charge in [0.15, 0.2) is 0 Å². The highest BCUT2D eigenvalue weighted by atomic mass is 16.5. The molecule has 2 atom stereocenters. The van der Waals surface area contributed by atoms with Gasteiger partial charge in [0.1, 0.15) is 0 Å². The summed E-state index contributed by atoms with van der Waals surface area (Å²) in [6.07, 6.45) is 104. The van der Waals surface area contributed by atoms with E-state index in [4.69, 9.17) is 4.74 Å². The first-order valence-electron chi connectivity index (χ1n) is 41.2. The first-order valence-corrected chi connectivity index (χ1v) is 41.2. The van der Waals surface area contributed by atoms with E-state index in [9.17, 15) is 19.8 Å². The van der Waals surface area contributed by atoms with Crippen molar-refractivity contribution in [1.29, 1.82) is 0 Å². The number of hydrogen-bond acceptors (Lipinski definition) is 5. The Kier molecular flexibility index (Phi) is 77.8. The van der Waals surface area contributed by atoms with Crippen LogP contribution in [0.1, 0.15) is 463 Å². The van der Waals surface area contributed by atoms with E-state index in [1.54, 1.807) is 0 Å². The van der Waals surface area contributed by atoms with Gasteiger partial charge in [-0.2, -0.15) is 0 Å². The Hall–Kier alpha value is -1.92. The van der Waals surface area contributed by atoms with Gasteiger partial charge in [0.05, 0.1) is 25.4 Å². The second-order valence-electron chi connectivity index (χ2n) is 28.5. The molecule has 6 nitrogen and oxygen atoms in total. The Morgan fingerprint density at radius 3 is 0.900 bits per heavy atom. The van der Waals surface area contributed by atoms with Crippen LogP contribution in [0.3, 0.4) is 0 Å². The molecule has 2 unspecified atom stereocenters. The molecule has 1 amide bonds. The molecule has 0 aromatic heterocycles. The Balaban J connectivity index is 3.35. The predicted molar refractivity (Wildman–Crippen MR) is 398 cm³/mol. The van der Waals surface area contributed by atoms with Crippen LogP contribution in [0.15, 0.2) is 36.5 Å². The fourth-order valence-electron chi connectivity index (χ4n) is 13.2. The van der Waals surface area contributed by atoms with Crippen molar-refractivity contribution in [1.82, 2.24) is 5.32 Å². The lowest BCUT2D eigenvalue weighted by molar-refractivity contribution is -0.143. The Morgan fingerprint density at radius 2 is 0.578 bits per heavy atom. The number of unbranched alkanes of at least 4 members (excludes halogenated alkanes) is 61. The average Bonchev–Trinajstić information content (AvgIpc) is 3.62. The summed E-state index contributed by atoms with van der Waals surface area (Å²) in [5.74, 6) is -0.0201. The maximum absolute atomic E-state index is 12.6. The third-order valence-corrected chi connectivity index (χ3v) is 19.4. The van der Waals surface area contributed by atoms with Gasteiger partial charge in [-0.05, 0) is 77.0 Å². The van der Waals surface area contributed by atoms with Crippen molar-refractivity contribution in [2.24, 2.45) is 0 Å². The quantitative estimate of drug-likeness (QED) is 0.0320. The highest BCUT2D eigenvalue weighted by Gasteiger charge is 2.20. The van der Waals surface area contributed by atoms with E-state index in [-0.39, 0.29) is 18.5 Å². The van der Waals surface area contributed by atoms with Crippen molar-refractivity contribution in [2.45, 2.75) is 475 Å². The molecule has 0 aliphatic rings. The van der Waals surface area contributed by atoms with Crippen LogP contribution in [-0.2, 0) is 14.3 Å². The van der Waals surface area contributed by atoms with Crippen molar-refractivity contribution in [3.8, 4) is 0 Å². The molecular formula is C84H161NO5. The standard InChI is InChI=1S/C84H161NO5/c1-3-5-7-9-11-13-15-17-18-19-20-21-22-34-37-40-43-46-49-53-56-60-64-68-72-76-82(87)81(80-86)85-83(88)77-73-69-65-61-57-54-50-47-44-41-38-35-32-30-28-26-24-23-25-27-29-31-33-36-39-42-45-48-51-55-59-63-67-71-75-79-90-84(89)78-74-70-66-62-58-52-16-14-12-10-8-6-4-2/h8,10,14,16,25,27,81-82,86-87H,3-7,9,11-13,15,17-24,26,28-80H2,1-2H3,(H,85,88)/b10-8-,16-14-,27-25-. The minimum Gasteiger partial charge on any atom is -0.466 e. The molecule has 0 saturated carbocycles. The zero-order valence-corrected chi connectivity index (χ0v) is 61.1. The summed E-state index contributed by atoms with van der Waals surface area (Å²) in [7, 11) is 0. The number of amides is 1. The topological polar surface area (TPSA) is 95.9 Å². The molecule has 0 saturated heterocycles. The van der Waals surface area contributed by atoms with Gasteiger partial charge in [-0.3, -0.25) is 9.59 Å². The molecule has 0 rings (SSSR count). The minimum absolute atomic E-state index is 0.00548. The number of carbonyl (C=O) groups excluding carboxylic acids is 2. The van der Waals surface area contributed by atoms with E-state index in [0.29, 0.717) is 25.9 Å². The van der Waals surface area contributed by atoms with Crippen molar-refractivity contribution >= 4 is 11.9 Å². The first-order chi connectivity index (χ1) is 44.5. The highest BCUT2D eigenvalue weighted by Crippen LogP contribution is 2.20. The Bertz CT molecular complexity index is 1460. The SMILES string of the molecule is CCC/C=C\C/C=C\CCCCCCCC(=O)OCCCCCCCCCCCCCCCC/C=C\CCCCCCCCCCCCCCCCCCCC(=O)NC(CO)C(O)CCCCCCCCCCCCCCCCCCCCCCCCCCC. The maximum Gasteiger partial charge on any atom is 0.305 e. The number of aliphatic hydroxyl groups is 2. The lowest BCUT2D eigenvalue weighted by Crippen LogP contribution is -2.45. The average molecular weight is 1270 g/mol. The van der Waals surface area contributed by atoms with Crippen molar-refractivity contribution in [3.05, 3.63) is 36.5 Å². The third kappa shape index (κ3) is 75.1. The Labute approximate surface area is 564 Å².